The highest BCUT2D eigenvalue weighted by atomic mass is 16.2. The fourth-order valence-electron chi connectivity index (χ4n) is 2.83. The smallest absolute Gasteiger partial charge is 0.269 e. The number of nitrogens with zero attached hydrogens (tertiary/aromatic N) is 2. The van der Waals surface area contributed by atoms with Gasteiger partial charge in [0.05, 0.1) is 0 Å². The molecule has 1 aliphatic heterocycles. The molecule has 0 bridgehead atoms. The van der Waals surface area contributed by atoms with Crippen molar-refractivity contribution < 1.29 is 9.59 Å². The minimum atomic E-state index is -0.996. The average Bonchev–Trinajstić information content (AvgIpc) is 2.41. The molecule has 1 heterocycles. The topological polar surface area (TPSA) is 82.9 Å². The number of carbonyl (C=O) groups is 2. The fraction of sp³-hybridized carbons (Fsp3) is 0.846. The number of hydrogen-bond donors (Lipinski definition) is 2. The normalized spacial score (nSPS) is 24.9. The minimum absolute atomic E-state index is 0.108. The van der Waals surface area contributed by atoms with E-state index in [1.54, 1.807) is 0 Å². The number of nitrogens with one attached hydrogen (secondary N) is 2. The molecular formula is C13H24N4O2. The Kier molecular flexibility index (Phi) is 5.03. The van der Waals surface area contributed by atoms with Crippen LogP contribution in [-0.2, 0) is 9.59 Å². The zero-order chi connectivity index (χ0) is 14.5. The van der Waals surface area contributed by atoms with Gasteiger partial charge in [-0.25, -0.2) is 5.43 Å². The summed E-state index contributed by atoms with van der Waals surface area (Å²) >= 11 is 0. The summed E-state index contributed by atoms with van der Waals surface area (Å²) in [6.45, 7) is 7.77. The monoisotopic (exact) mass is 268 g/mol. The van der Waals surface area contributed by atoms with E-state index >= 15 is 0 Å². The van der Waals surface area contributed by atoms with E-state index < -0.39 is 11.1 Å². The van der Waals surface area contributed by atoms with Crippen LogP contribution in [0.3, 0.4) is 0 Å². The Balaban J connectivity index is 3.20. The Labute approximate surface area is 114 Å². The Morgan fingerprint density at radius 2 is 1.84 bits per heavy atom. The molecule has 0 aliphatic carbocycles. The third-order valence-electron chi connectivity index (χ3n) is 4.10. The van der Waals surface area contributed by atoms with Gasteiger partial charge in [0.2, 0.25) is 5.91 Å². The number of rotatable bonds is 6. The molecule has 0 aromatic carbocycles. The van der Waals surface area contributed by atoms with Crippen molar-refractivity contribution in [2.45, 2.75) is 70.9 Å². The van der Waals surface area contributed by atoms with Gasteiger partial charge in [-0.15, -0.1) is 0 Å². The number of carbonyl (C=O) groups excluding carboxylic acids is 2. The van der Waals surface area contributed by atoms with Crippen LogP contribution in [0.2, 0.25) is 0 Å². The molecule has 0 saturated heterocycles. The van der Waals surface area contributed by atoms with Gasteiger partial charge in [-0.2, -0.15) is 5.11 Å². The van der Waals surface area contributed by atoms with Crippen molar-refractivity contribution in [1.29, 1.82) is 0 Å². The van der Waals surface area contributed by atoms with E-state index in [2.05, 4.69) is 21.1 Å². The second-order valence-corrected chi connectivity index (χ2v) is 4.94. The van der Waals surface area contributed by atoms with Crippen LogP contribution in [0, 0.1) is 0 Å². The maximum absolute atomic E-state index is 12.3. The Morgan fingerprint density at radius 1 is 1.21 bits per heavy atom. The molecule has 1 aliphatic rings. The van der Waals surface area contributed by atoms with Gasteiger partial charge in [0.15, 0.2) is 0 Å². The van der Waals surface area contributed by atoms with E-state index in [1.807, 2.05) is 27.7 Å². The molecule has 108 valence electrons. The maximum Gasteiger partial charge on any atom is 0.269 e. The molecule has 0 spiro atoms. The molecule has 2 N–H and O–H groups in total. The van der Waals surface area contributed by atoms with Gasteiger partial charge in [-0.3, -0.25) is 9.59 Å². The van der Waals surface area contributed by atoms with Crippen molar-refractivity contribution in [2.75, 3.05) is 0 Å². The van der Waals surface area contributed by atoms with Crippen LogP contribution in [0.15, 0.2) is 10.3 Å². The summed E-state index contributed by atoms with van der Waals surface area (Å²) in [4.78, 5) is 24.3. The first-order valence-corrected chi connectivity index (χ1v) is 7.05. The second kappa shape index (κ2) is 6.12. The van der Waals surface area contributed by atoms with Crippen molar-refractivity contribution in [3.8, 4) is 0 Å². The molecule has 1 rings (SSSR count). The first-order valence-electron chi connectivity index (χ1n) is 7.05. The highest BCUT2D eigenvalue weighted by molar-refractivity contribution is 5.93. The van der Waals surface area contributed by atoms with Crippen LogP contribution in [0.1, 0.15) is 59.8 Å². The lowest BCUT2D eigenvalue weighted by Gasteiger charge is -2.46. The summed E-state index contributed by atoms with van der Waals surface area (Å²) in [5.41, 5.74) is 0.745. The van der Waals surface area contributed by atoms with Gasteiger partial charge < -0.3 is 5.32 Å². The summed E-state index contributed by atoms with van der Waals surface area (Å²) in [5.74, 6) is -0.374. The zero-order valence-corrected chi connectivity index (χ0v) is 12.2. The van der Waals surface area contributed by atoms with E-state index in [4.69, 9.17) is 0 Å². The van der Waals surface area contributed by atoms with Gasteiger partial charge >= 0.3 is 0 Å². The Morgan fingerprint density at radius 3 is 2.32 bits per heavy atom. The Hall–Kier alpha value is -1.46. The largest absolute Gasteiger partial charge is 0.340 e. The third kappa shape index (κ3) is 2.48. The van der Waals surface area contributed by atoms with Gasteiger partial charge in [0.1, 0.15) is 11.1 Å². The average molecular weight is 268 g/mol. The quantitative estimate of drug-likeness (QED) is 0.773. The highest BCUT2D eigenvalue weighted by Gasteiger charge is 2.57. The lowest BCUT2D eigenvalue weighted by Crippen LogP contribution is -2.71. The van der Waals surface area contributed by atoms with Gasteiger partial charge in [-0.1, -0.05) is 32.9 Å². The molecule has 6 heteroatoms. The molecule has 0 aromatic rings. The Bertz CT molecular complexity index is 377. The van der Waals surface area contributed by atoms with E-state index in [0.29, 0.717) is 25.7 Å². The first-order chi connectivity index (χ1) is 9.01. The SMILES string of the molecule is CCCC(=O)NC1(CC)C(=O)NN=NC1(CC)CC. The predicted octanol–water partition coefficient (Wildman–Crippen LogP) is 2.11. The van der Waals surface area contributed by atoms with Gasteiger partial charge in [0, 0.05) is 6.42 Å². The summed E-state index contributed by atoms with van der Waals surface area (Å²) in [6, 6.07) is 0. The van der Waals surface area contributed by atoms with E-state index in [-0.39, 0.29) is 11.8 Å². The van der Waals surface area contributed by atoms with Crippen LogP contribution >= 0.6 is 0 Å². The number of hydrogen-bond acceptors (Lipinski definition) is 4. The van der Waals surface area contributed by atoms with Crippen molar-refractivity contribution in [2.24, 2.45) is 10.3 Å². The number of amides is 2. The van der Waals surface area contributed by atoms with Crippen molar-refractivity contribution in [3.63, 3.8) is 0 Å². The minimum Gasteiger partial charge on any atom is -0.340 e. The fourth-order valence-corrected chi connectivity index (χ4v) is 2.83. The highest BCUT2D eigenvalue weighted by Crippen LogP contribution is 2.38. The molecule has 0 radical (unpaired) electrons. The summed E-state index contributed by atoms with van der Waals surface area (Å²) in [7, 11) is 0. The van der Waals surface area contributed by atoms with Crippen LogP contribution in [-0.4, -0.2) is 22.9 Å². The van der Waals surface area contributed by atoms with Gasteiger partial charge in [0.25, 0.3) is 5.91 Å². The van der Waals surface area contributed by atoms with Crippen molar-refractivity contribution in [1.82, 2.24) is 10.7 Å². The molecular weight excluding hydrogens is 244 g/mol. The van der Waals surface area contributed by atoms with E-state index in [1.165, 1.54) is 0 Å². The van der Waals surface area contributed by atoms with Crippen molar-refractivity contribution >= 4 is 11.8 Å². The second-order valence-electron chi connectivity index (χ2n) is 4.94. The van der Waals surface area contributed by atoms with Crippen LogP contribution in [0.5, 0.6) is 0 Å². The molecule has 1 atom stereocenters. The van der Waals surface area contributed by atoms with Crippen LogP contribution < -0.4 is 10.7 Å². The molecule has 0 aromatic heterocycles. The predicted molar refractivity (Wildman–Crippen MR) is 72.4 cm³/mol. The molecule has 2 amide bonds. The molecule has 1 unspecified atom stereocenters. The summed E-state index contributed by atoms with van der Waals surface area (Å²) < 4.78 is 0. The van der Waals surface area contributed by atoms with E-state index in [9.17, 15) is 9.59 Å². The molecule has 0 fully saturated rings. The molecule has 6 nitrogen and oxygen atoms in total. The molecule has 0 saturated carbocycles. The van der Waals surface area contributed by atoms with Gasteiger partial charge in [-0.05, 0) is 25.7 Å². The molecule has 19 heavy (non-hydrogen) atoms. The lowest BCUT2D eigenvalue weighted by molar-refractivity contribution is -0.139. The third-order valence-corrected chi connectivity index (χ3v) is 4.10. The standard InChI is InChI=1S/C13H24N4O2/c1-5-9-10(18)14-13(8-4)11(19)15-17-16-12(13,6-2)7-3/h5-9H2,1-4H3,(H,14,18)(H,15,16,19). The zero-order valence-electron chi connectivity index (χ0n) is 12.2. The lowest BCUT2D eigenvalue weighted by atomic mass is 9.70. The summed E-state index contributed by atoms with van der Waals surface area (Å²) in [5, 5.41) is 10.9. The van der Waals surface area contributed by atoms with Crippen molar-refractivity contribution in [3.05, 3.63) is 0 Å². The summed E-state index contributed by atoms with van der Waals surface area (Å²) in [6.07, 6.45) is 2.96. The maximum atomic E-state index is 12.3. The van der Waals surface area contributed by atoms with Crippen LogP contribution in [0.4, 0.5) is 0 Å². The first kappa shape index (κ1) is 15.6. The van der Waals surface area contributed by atoms with E-state index in [0.717, 1.165) is 6.42 Å². The van der Waals surface area contributed by atoms with Crippen LogP contribution in [0.25, 0.3) is 0 Å².